The number of ether oxygens (including phenoxy) is 1. The van der Waals surface area contributed by atoms with Gasteiger partial charge in [-0.3, -0.25) is 4.79 Å². The van der Waals surface area contributed by atoms with Gasteiger partial charge in [0.05, 0.1) is 5.56 Å². The summed E-state index contributed by atoms with van der Waals surface area (Å²) in [5, 5.41) is 2.29. The van der Waals surface area contributed by atoms with Crippen molar-refractivity contribution in [3.63, 3.8) is 0 Å². The van der Waals surface area contributed by atoms with Gasteiger partial charge in [0.15, 0.2) is 11.9 Å². The first-order valence-corrected chi connectivity index (χ1v) is 7.22. The quantitative estimate of drug-likeness (QED) is 0.605. The highest BCUT2D eigenvalue weighted by Crippen LogP contribution is 2.38. The zero-order valence-electron chi connectivity index (χ0n) is 12.0. The Balaban J connectivity index is 1.81. The lowest BCUT2D eigenvalue weighted by Gasteiger charge is -2.27. The molecule has 0 spiro atoms. The van der Waals surface area contributed by atoms with Crippen LogP contribution in [-0.2, 0) is 0 Å². The van der Waals surface area contributed by atoms with E-state index >= 15 is 0 Å². The van der Waals surface area contributed by atoms with Crippen molar-refractivity contribution in [2.75, 3.05) is 0 Å². The zero-order valence-corrected chi connectivity index (χ0v) is 12.0. The number of carbonyl (C=O) groups excluding carboxylic acids is 1. The van der Waals surface area contributed by atoms with Crippen molar-refractivity contribution in [1.29, 1.82) is 0 Å². The topological polar surface area (TPSA) is 26.3 Å². The molecule has 2 nitrogen and oxygen atoms in total. The van der Waals surface area contributed by atoms with Crippen LogP contribution in [0.5, 0.6) is 5.75 Å². The highest BCUT2D eigenvalue weighted by atomic mass is 16.5. The van der Waals surface area contributed by atoms with Gasteiger partial charge in [-0.05, 0) is 34.5 Å². The molecule has 3 aromatic carbocycles. The molecule has 4 rings (SSSR count). The van der Waals surface area contributed by atoms with Gasteiger partial charge in [-0.1, -0.05) is 55.1 Å². The summed E-state index contributed by atoms with van der Waals surface area (Å²) < 4.78 is 6.03. The normalized spacial score (nSPS) is 17.2. The average Bonchev–Trinajstić information content (AvgIpc) is 2.58. The Labute approximate surface area is 128 Å². The van der Waals surface area contributed by atoms with E-state index < -0.39 is 6.10 Å². The van der Waals surface area contributed by atoms with Gasteiger partial charge in [-0.15, -0.1) is 0 Å². The molecule has 2 heteroatoms. The van der Waals surface area contributed by atoms with Gasteiger partial charge in [0, 0.05) is 5.57 Å². The van der Waals surface area contributed by atoms with E-state index in [1.165, 1.54) is 5.39 Å². The van der Waals surface area contributed by atoms with Crippen molar-refractivity contribution < 1.29 is 9.53 Å². The van der Waals surface area contributed by atoms with E-state index in [0.717, 1.165) is 10.9 Å². The van der Waals surface area contributed by atoms with Crippen molar-refractivity contribution >= 4 is 16.6 Å². The molecule has 0 amide bonds. The molecule has 3 aromatic rings. The number of benzene rings is 3. The van der Waals surface area contributed by atoms with Gasteiger partial charge in [-0.25, -0.2) is 0 Å². The minimum Gasteiger partial charge on any atom is -0.480 e. The van der Waals surface area contributed by atoms with Crippen LogP contribution in [0, 0.1) is 0 Å². The van der Waals surface area contributed by atoms with Crippen molar-refractivity contribution in [1.82, 2.24) is 0 Å². The van der Waals surface area contributed by atoms with Gasteiger partial charge in [0.2, 0.25) is 0 Å². The summed E-state index contributed by atoms with van der Waals surface area (Å²) in [6, 6.07) is 21.6. The number of para-hydroxylation sites is 1. The fourth-order valence-electron chi connectivity index (χ4n) is 2.89. The highest BCUT2D eigenvalue weighted by Gasteiger charge is 2.31. The molecule has 1 heterocycles. The standard InChI is InChI=1S/C20H14O2/c1-13-19(21)17-8-4-5-9-18(17)22-20(13)16-11-10-14-6-2-3-7-15(14)12-16/h2-12,20H,1H2/t20-/m1/s1. The molecule has 0 unspecified atom stereocenters. The van der Waals surface area contributed by atoms with Gasteiger partial charge < -0.3 is 4.74 Å². The van der Waals surface area contributed by atoms with Crippen LogP contribution < -0.4 is 4.74 Å². The smallest absolute Gasteiger partial charge is 0.196 e. The first kappa shape index (κ1) is 12.8. The number of fused-ring (bicyclic) bond motifs is 2. The molecule has 0 bridgehead atoms. The Morgan fingerprint density at radius 3 is 2.45 bits per heavy atom. The predicted molar refractivity (Wildman–Crippen MR) is 87.2 cm³/mol. The number of hydrogen-bond acceptors (Lipinski definition) is 2. The van der Waals surface area contributed by atoms with Crippen molar-refractivity contribution in [3.8, 4) is 5.75 Å². The number of hydrogen-bond donors (Lipinski definition) is 0. The Bertz CT molecular complexity index is 908. The third kappa shape index (κ3) is 1.92. The van der Waals surface area contributed by atoms with E-state index in [4.69, 9.17) is 4.74 Å². The summed E-state index contributed by atoms with van der Waals surface area (Å²) in [7, 11) is 0. The van der Waals surface area contributed by atoms with Crippen LogP contribution in [0.4, 0.5) is 0 Å². The second kappa shape index (κ2) is 4.85. The number of Topliss-reactive ketones (excluding diaryl/α,β-unsaturated/α-hetero) is 1. The average molecular weight is 286 g/mol. The summed E-state index contributed by atoms with van der Waals surface area (Å²) in [6.45, 7) is 3.96. The van der Waals surface area contributed by atoms with Crippen LogP contribution in [0.1, 0.15) is 22.0 Å². The third-order valence-corrected chi connectivity index (χ3v) is 4.06. The van der Waals surface area contributed by atoms with Gasteiger partial charge in [0.1, 0.15) is 5.75 Å². The molecule has 0 fully saturated rings. The maximum absolute atomic E-state index is 12.5. The van der Waals surface area contributed by atoms with E-state index in [0.29, 0.717) is 16.9 Å². The van der Waals surface area contributed by atoms with Crippen LogP contribution in [0.25, 0.3) is 10.8 Å². The maximum Gasteiger partial charge on any atom is 0.196 e. The zero-order chi connectivity index (χ0) is 15.1. The number of rotatable bonds is 1. The molecule has 0 saturated carbocycles. The fourth-order valence-corrected chi connectivity index (χ4v) is 2.89. The largest absolute Gasteiger partial charge is 0.480 e. The molecule has 0 aromatic heterocycles. The van der Waals surface area contributed by atoms with Gasteiger partial charge >= 0.3 is 0 Å². The first-order chi connectivity index (χ1) is 10.7. The van der Waals surface area contributed by atoms with E-state index in [1.807, 2.05) is 42.5 Å². The van der Waals surface area contributed by atoms with Crippen molar-refractivity contribution in [2.45, 2.75) is 6.10 Å². The minimum absolute atomic E-state index is 0.0417. The van der Waals surface area contributed by atoms with E-state index in [9.17, 15) is 4.79 Å². The summed E-state index contributed by atoms with van der Waals surface area (Å²) in [5.41, 5.74) is 2.02. The Hall–Kier alpha value is -2.87. The molecule has 0 aliphatic carbocycles. The summed E-state index contributed by atoms with van der Waals surface area (Å²) in [5.74, 6) is 0.582. The van der Waals surface area contributed by atoms with Crippen LogP contribution in [0.15, 0.2) is 78.9 Å². The molecule has 0 saturated heterocycles. The Morgan fingerprint density at radius 2 is 1.59 bits per heavy atom. The monoisotopic (exact) mass is 286 g/mol. The lowest BCUT2D eigenvalue weighted by atomic mass is 9.91. The van der Waals surface area contributed by atoms with E-state index in [-0.39, 0.29) is 5.78 Å². The number of carbonyl (C=O) groups is 1. The summed E-state index contributed by atoms with van der Waals surface area (Å²) >= 11 is 0. The molecule has 106 valence electrons. The molecule has 1 atom stereocenters. The minimum atomic E-state index is -0.424. The van der Waals surface area contributed by atoms with Crippen LogP contribution in [0.3, 0.4) is 0 Å². The third-order valence-electron chi connectivity index (χ3n) is 4.06. The predicted octanol–water partition coefficient (Wildman–Crippen LogP) is 4.71. The molecular weight excluding hydrogens is 272 g/mol. The molecule has 0 N–H and O–H groups in total. The molecule has 0 radical (unpaired) electrons. The van der Waals surface area contributed by atoms with E-state index in [2.05, 4.69) is 24.8 Å². The molecule has 1 aliphatic heterocycles. The van der Waals surface area contributed by atoms with Crippen LogP contribution in [-0.4, -0.2) is 5.78 Å². The van der Waals surface area contributed by atoms with Crippen molar-refractivity contribution in [2.24, 2.45) is 0 Å². The van der Waals surface area contributed by atoms with Crippen LogP contribution >= 0.6 is 0 Å². The van der Waals surface area contributed by atoms with E-state index in [1.54, 1.807) is 6.07 Å². The second-order valence-corrected chi connectivity index (χ2v) is 5.46. The highest BCUT2D eigenvalue weighted by molar-refractivity contribution is 6.11. The molecule has 1 aliphatic rings. The fraction of sp³-hybridized carbons (Fsp3) is 0.0500. The Kier molecular flexibility index (Phi) is 2.83. The van der Waals surface area contributed by atoms with Gasteiger partial charge in [-0.2, -0.15) is 0 Å². The van der Waals surface area contributed by atoms with Crippen molar-refractivity contribution in [3.05, 3.63) is 90.0 Å². The molecular formula is C20H14O2. The Morgan fingerprint density at radius 1 is 0.864 bits per heavy atom. The second-order valence-electron chi connectivity index (χ2n) is 5.46. The van der Waals surface area contributed by atoms with Gasteiger partial charge in [0.25, 0.3) is 0 Å². The first-order valence-electron chi connectivity index (χ1n) is 7.22. The number of ketones is 1. The summed E-state index contributed by atoms with van der Waals surface area (Å²) in [4.78, 5) is 12.5. The lowest BCUT2D eigenvalue weighted by Crippen LogP contribution is -2.23. The maximum atomic E-state index is 12.5. The van der Waals surface area contributed by atoms with Crippen LogP contribution in [0.2, 0.25) is 0 Å². The summed E-state index contributed by atoms with van der Waals surface area (Å²) in [6.07, 6.45) is -0.424. The molecule has 22 heavy (non-hydrogen) atoms. The SMILES string of the molecule is C=C1C(=O)c2ccccc2O[C@H]1c1ccc2ccccc2c1. The lowest BCUT2D eigenvalue weighted by molar-refractivity contribution is 0.0962.